The summed E-state index contributed by atoms with van der Waals surface area (Å²) < 4.78 is 0. The van der Waals surface area contributed by atoms with E-state index in [1.807, 2.05) is 12.1 Å². The number of thioether (sulfide) groups is 1. The van der Waals surface area contributed by atoms with Gasteiger partial charge in [-0.2, -0.15) is 0 Å². The molecule has 5 heteroatoms. The minimum Gasteiger partial charge on any atom is -0.371 e. The van der Waals surface area contributed by atoms with Gasteiger partial charge in [0.15, 0.2) is 0 Å². The monoisotopic (exact) mass is 260 g/mol. The zero-order valence-electron chi connectivity index (χ0n) is 7.96. The van der Waals surface area contributed by atoms with Crippen molar-refractivity contribution < 1.29 is 0 Å². The van der Waals surface area contributed by atoms with Crippen LogP contribution in [-0.4, -0.2) is 24.7 Å². The lowest BCUT2D eigenvalue weighted by Gasteiger charge is -2.05. The van der Waals surface area contributed by atoms with Gasteiger partial charge < -0.3 is 5.32 Å². The molecule has 1 aromatic carbocycles. The fraction of sp³-hybridized carbons (Fsp3) is 0.300. The Balaban J connectivity index is 2.01. The molecule has 1 N–H and O–H groups in total. The fourth-order valence-corrected chi connectivity index (χ4v) is 2.70. The summed E-state index contributed by atoms with van der Waals surface area (Å²) in [5, 5.41) is 4.44. The van der Waals surface area contributed by atoms with E-state index in [4.69, 9.17) is 23.2 Å². The van der Waals surface area contributed by atoms with Crippen molar-refractivity contribution in [2.45, 2.75) is 4.90 Å². The molecule has 0 radical (unpaired) electrons. The van der Waals surface area contributed by atoms with Crippen LogP contribution in [0.3, 0.4) is 0 Å². The number of aliphatic imine (C=N–C) groups is 1. The number of amidine groups is 1. The molecular weight excluding hydrogens is 251 g/mol. The molecule has 2 nitrogen and oxygen atoms in total. The maximum atomic E-state index is 6.07. The Morgan fingerprint density at radius 2 is 2.27 bits per heavy atom. The van der Waals surface area contributed by atoms with Gasteiger partial charge in [0.1, 0.15) is 5.84 Å². The highest BCUT2D eigenvalue weighted by Crippen LogP contribution is 2.32. The second-order valence-corrected chi connectivity index (χ2v) is 4.90. The lowest BCUT2D eigenvalue weighted by molar-refractivity contribution is 0.959. The predicted octanol–water partition coefficient (Wildman–Crippen LogP) is 3.09. The highest BCUT2D eigenvalue weighted by Gasteiger charge is 2.08. The third-order valence-corrected chi connectivity index (χ3v) is 4.02. The molecule has 1 aliphatic rings. The number of nitrogens with one attached hydrogen (secondary N) is 1. The summed E-state index contributed by atoms with van der Waals surface area (Å²) in [5.41, 5.74) is 0. The molecule has 0 amide bonds. The topological polar surface area (TPSA) is 24.4 Å². The van der Waals surface area contributed by atoms with Crippen molar-refractivity contribution in [3.05, 3.63) is 28.2 Å². The Morgan fingerprint density at radius 3 is 3.00 bits per heavy atom. The molecule has 0 spiro atoms. The summed E-state index contributed by atoms with van der Waals surface area (Å²) in [4.78, 5) is 5.31. The van der Waals surface area contributed by atoms with Crippen molar-refractivity contribution in [2.75, 3.05) is 18.8 Å². The van der Waals surface area contributed by atoms with E-state index in [9.17, 15) is 0 Å². The van der Waals surface area contributed by atoms with E-state index in [2.05, 4.69) is 10.3 Å². The number of nitrogens with zero attached hydrogens (tertiary/aromatic N) is 1. The standard InChI is InChI=1S/C10H10Cl2N2S/c11-7-2-1-3-8(10(7)12)15-6-9-13-4-5-14-9/h1-3H,4-6H2,(H,13,14). The zero-order valence-corrected chi connectivity index (χ0v) is 10.3. The molecule has 0 bridgehead atoms. The Hall–Kier alpha value is -0.380. The van der Waals surface area contributed by atoms with Crippen molar-refractivity contribution in [2.24, 2.45) is 4.99 Å². The van der Waals surface area contributed by atoms with Crippen molar-refractivity contribution >= 4 is 40.8 Å². The van der Waals surface area contributed by atoms with Crippen LogP contribution in [0.15, 0.2) is 28.1 Å². The van der Waals surface area contributed by atoms with Crippen LogP contribution in [0.1, 0.15) is 0 Å². The quantitative estimate of drug-likeness (QED) is 0.845. The van der Waals surface area contributed by atoms with Gasteiger partial charge in [-0.15, -0.1) is 11.8 Å². The molecule has 1 aromatic rings. The second-order valence-electron chi connectivity index (χ2n) is 3.10. The summed E-state index contributed by atoms with van der Waals surface area (Å²) in [7, 11) is 0. The number of halogens is 2. The number of rotatable bonds is 3. The SMILES string of the molecule is Clc1cccc(SCC2=NCCN2)c1Cl. The van der Waals surface area contributed by atoms with Crippen molar-refractivity contribution in [3.63, 3.8) is 0 Å². The fourth-order valence-electron chi connectivity index (χ4n) is 1.29. The molecule has 1 heterocycles. The summed E-state index contributed by atoms with van der Waals surface area (Å²) >= 11 is 13.6. The molecule has 0 fully saturated rings. The minimum atomic E-state index is 0.600. The largest absolute Gasteiger partial charge is 0.371 e. The molecule has 2 rings (SSSR count). The summed E-state index contributed by atoms with van der Waals surface area (Å²) in [6.45, 7) is 1.82. The lowest BCUT2D eigenvalue weighted by atomic mass is 10.4. The molecule has 0 atom stereocenters. The van der Waals surface area contributed by atoms with E-state index in [1.54, 1.807) is 17.8 Å². The van der Waals surface area contributed by atoms with Gasteiger partial charge in [-0.05, 0) is 12.1 Å². The van der Waals surface area contributed by atoms with E-state index < -0.39 is 0 Å². The molecule has 80 valence electrons. The van der Waals surface area contributed by atoms with E-state index in [1.165, 1.54) is 0 Å². The van der Waals surface area contributed by atoms with Crippen LogP contribution in [0.5, 0.6) is 0 Å². The summed E-state index contributed by atoms with van der Waals surface area (Å²) in [6.07, 6.45) is 0. The third-order valence-electron chi connectivity index (χ3n) is 2.02. The van der Waals surface area contributed by atoms with Crippen LogP contribution in [0.25, 0.3) is 0 Å². The smallest absolute Gasteiger partial charge is 0.107 e. The van der Waals surface area contributed by atoms with Gasteiger partial charge in [0.05, 0.1) is 22.3 Å². The molecule has 0 saturated heterocycles. The van der Waals surface area contributed by atoms with Crippen LogP contribution >= 0.6 is 35.0 Å². The maximum Gasteiger partial charge on any atom is 0.107 e. The van der Waals surface area contributed by atoms with E-state index in [-0.39, 0.29) is 0 Å². The first-order chi connectivity index (χ1) is 7.27. The van der Waals surface area contributed by atoms with Crippen LogP contribution in [0, 0.1) is 0 Å². The molecule has 0 aliphatic carbocycles. The summed E-state index contributed by atoms with van der Waals surface area (Å²) in [5.74, 6) is 1.86. The minimum absolute atomic E-state index is 0.600. The first-order valence-electron chi connectivity index (χ1n) is 4.61. The van der Waals surface area contributed by atoms with Crippen molar-refractivity contribution in [3.8, 4) is 0 Å². The number of hydrogen-bond acceptors (Lipinski definition) is 3. The van der Waals surface area contributed by atoms with Crippen LogP contribution in [0.2, 0.25) is 10.0 Å². The van der Waals surface area contributed by atoms with Crippen LogP contribution < -0.4 is 5.32 Å². The predicted molar refractivity (Wildman–Crippen MR) is 67.5 cm³/mol. The zero-order chi connectivity index (χ0) is 10.7. The second kappa shape index (κ2) is 5.10. The molecular formula is C10H10Cl2N2S. The van der Waals surface area contributed by atoms with Gasteiger partial charge in [-0.3, -0.25) is 4.99 Å². The molecule has 1 aliphatic heterocycles. The lowest BCUT2D eigenvalue weighted by Crippen LogP contribution is -2.20. The van der Waals surface area contributed by atoms with Gasteiger partial charge in [0.25, 0.3) is 0 Å². The third kappa shape index (κ3) is 2.80. The van der Waals surface area contributed by atoms with Crippen molar-refractivity contribution in [1.82, 2.24) is 5.32 Å². The first kappa shape index (κ1) is 11.1. The first-order valence-corrected chi connectivity index (χ1v) is 6.35. The van der Waals surface area contributed by atoms with Gasteiger partial charge >= 0.3 is 0 Å². The molecule has 0 aromatic heterocycles. The normalized spacial score (nSPS) is 14.9. The average Bonchev–Trinajstić information content (AvgIpc) is 2.73. The Labute approximate surface area is 103 Å². The molecule has 0 unspecified atom stereocenters. The number of hydrogen-bond donors (Lipinski definition) is 1. The Kier molecular flexibility index (Phi) is 3.78. The number of benzene rings is 1. The van der Waals surface area contributed by atoms with Crippen LogP contribution in [-0.2, 0) is 0 Å². The van der Waals surface area contributed by atoms with Crippen LogP contribution in [0.4, 0.5) is 0 Å². The summed E-state index contributed by atoms with van der Waals surface area (Å²) in [6, 6.07) is 5.66. The van der Waals surface area contributed by atoms with E-state index in [0.29, 0.717) is 10.0 Å². The maximum absolute atomic E-state index is 6.07. The van der Waals surface area contributed by atoms with Gasteiger partial charge in [0.2, 0.25) is 0 Å². The average molecular weight is 261 g/mol. The van der Waals surface area contributed by atoms with Gasteiger partial charge in [0, 0.05) is 11.4 Å². The highest BCUT2D eigenvalue weighted by molar-refractivity contribution is 8.00. The molecule has 0 saturated carbocycles. The van der Waals surface area contributed by atoms with Gasteiger partial charge in [-0.1, -0.05) is 29.3 Å². The van der Waals surface area contributed by atoms with E-state index >= 15 is 0 Å². The molecule has 15 heavy (non-hydrogen) atoms. The van der Waals surface area contributed by atoms with Crippen molar-refractivity contribution in [1.29, 1.82) is 0 Å². The Morgan fingerprint density at radius 1 is 1.40 bits per heavy atom. The Bertz CT molecular complexity index is 393. The highest BCUT2D eigenvalue weighted by atomic mass is 35.5. The van der Waals surface area contributed by atoms with E-state index in [0.717, 1.165) is 29.6 Å². The van der Waals surface area contributed by atoms with Gasteiger partial charge in [-0.25, -0.2) is 0 Å².